The van der Waals surface area contributed by atoms with Crippen LogP contribution in [-0.4, -0.2) is 69.1 Å². The van der Waals surface area contributed by atoms with Gasteiger partial charge in [0.1, 0.15) is 29.0 Å². The number of alkyl carbamates (subject to hydrolysis) is 1. The number of carbonyl (C=O) groups excluding carboxylic acids is 5. The predicted octanol–water partition coefficient (Wildman–Crippen LogP) is 5.48. The summed E-state index contributed by atoms with van der Waals surface area (Å²) in [5, 5.41) is 5.22. The van der Waals surface area contributed by atoms with Gasteiger partial charge in [-0.25, -0.2) is 18.9 Å². The number of amides is 5. The number of imide groups is 1. The second-order valence-electron chi connectivity index (χ2n) is 14.3. The van der Waals surface area contributed by atoms with E-state index in [-0.39, 0.29) is 19.3 Å². The zero-order valence-corrected chi connectivity index (χ0v) is 28.0. The number of carbonyl (C=O) groups is 5. The number of nitrogens with one attached hydrogen (secondary N) is 2. The van der Waals surface area contributed by atoms with Gasteiger partial charge in [-0.05, 0) is 102 Å². The van der Waals surface area contributed by atoms with Crippen LogP contribution in [0.5, 0.6) is 0 Å². The Hall–Kier alpha value is -4.69. The number of hydrogen-bond acceptors (Lipinski definition) is 7. The van der Waals surface area contributed by atoms with Gasteiger partial charge in [-0.3, -0.25) is 14.4 Å². The maximum absolute atomic E-state index is 14.5. The van der Waals surface area contributed by atoms with Crippen LogP contribution in [0, 0.1) is 5.82 Å². The quantitative estimate of drug-likeness (QED) is 0.397. The largest absolute Gasteiger partial charge is 0.444 e. The van der Waals surface area contributed by atoms with Crippen LogP contribution >= 0.6 is 0 Å². The van der Waals surface area contributed by atoms with Crippen molar-refractivity contribution in [1.82, 2.24) is 15.1 Å². The van der Waals surface area contributed by atoms with Crippen molar-refractivity contribution in [3.05, 3.63) is 64.5 Å². The lowest BCUT2D eigenvalue weighted by Crippen LogP contribution is -2.60. The van der Waals surface area contributed by atoms with Crippen LogP contribution in [0.3, 0.4) is 0 Å². The van der Waals surface area contributed by atoms with Gasteiger partial charge in [-0.2, -0.15) is 13.2 Å². The molecular formula is C34H38F4N4O7. The standard InChI is InChI=1S/C34H38F4N4O7/c1-30(2,3)48-28(46)40-31(4,5)26(44)39-23-9-10-24-20(16-23)12-14-33(24)27(45)41(29(47)49-33)18-25(43)42-17-21-7-8-22(35)15-19(21)11-13-32(42,6)34(36,37)38/h7-10,15-16H,11-14,17-18H2,1-6H3,(H,39,44)(H,40,46)/t32-,33?/m1/s1. The lowest BCUT2D eigenvalue weighted by Gasteiger charge is -2.41. The summed E-state index contributed by atoms with van der Waals surface area (Å²) in [5.41, 5.74) is -4.75. The highest BCUT2D eigenvalue weighted by Gasteiger charge is 2.60. The fourth-order valence-corrected chi connectivity index (χ4v) is 6.35. The molecule has 2 aromatic rings. The van der Waals surface area contributed by atoms with Crippen LogP contribution in [0.4, 0.5) is 32.8 Å². The third kappa shape index (κ3) is 6.66. The van der Waals surface area contributed by atoms with Crippen LogP contribution in [0.2, 0.25) is 0 Å². The number of hydrogen-bond donors (Lipinski definition) is 2. The van der Waals surface area contributed by atoms with E-state index in [1.165, 1.54) is 32.0 Å². The predicted molar refractivity (Wildman–Crippen MR) is 166 cm³/mol. The molecule has 3 aliphatic rings. The number of fused-ring (bicyclic) bond motifs is 3. The number of benzene rings is 2. The molecule has 264 valence electrons. The van der Waals surface area contributed by atoms with Gasteiger partial charge in [-0.1, -0.05) is 12.1 Å². The molecule has 2 aliphatic heterocycles. The van der Waals surface area contributed by atoms with E-state index in [1.807, 2.05) is 0 Å². The van der Waals surface area contributed by atoms with Crippen LogP contribution in [0.25, 0.3) is 0 Å². The van der Waals surface area contributed by atoms with Crippen molar-refractivity contribution in [3.8, 4) is 0 Å². The molecule has 1 spiro atoms. The van der Waals surface area contributed by atoms with Crippen molar-refractivity contribution in [1.29, 1.82) is 0 Å². The van der Waals surface area contributed by atoms with E-state index < -0.39 is 83.7 Å². The molecule has 2 N–H and O–H groups in total. The van der Waals surface area contributed by atoms with Crippen molar-refractivity contribution in [2.45, 2.75) is 102 Å². The van der Waals surface area contributed by atoms with E-state index in [0.29, 0.717) is 37.7 Å². The van der Waals surface area contributed by atoms with E-state index in [0.717, 1.165) is 19.1 Å². The minimum atomic E-state index is -4.88. The zero-order chi connectivity index (χ0) is 36.3. The normalized spacial score (nSPS) is 22.3. The van der Waals surface area contributed by atoms with Crippen molar-refractivity contribution in [2.24, 2.45) is 0 Å². The number of rotatable bonds is 5. The summed E-state index contributed by atoms with van der Waals surface area (Å²) < 4.78 is 68.2. The van der Waals surface area contributed by atoms with E-state index in [9.17, 15) is 41.5 Å². The van der Waals surface area contributed by atoms with E-state index in [4.69, 9.17) is 9.47 Å². The molecule has 49 heavy (non-hydrogen) atoms. The van der Waals surface area contributed by atoms with Crippen molar-refractivity contribution < 1.29 is 51.0 Å². The molecule has 0 radical (unpaired) electrons. The Balaban J connectivity index is 1.33. The highest BCUT2D eigenvalue weighted by Crippen LogP contribution is 2.47. The number of aryl methyl sites for hydroxylation is 2. The Labute approximate surface area is 280 Å². The van der Waals surface area contributed by atoms with Gasteiger partial charge in [0.2, 0.25) is 17.4 Å². The number of anilines is 1. The second kappa shape index (κ2) is 12.0. The topological polar surface area (TPSA) is 134 Å². The highest BCUT2D eigenvalue weighted by atomic mass is 19.4. The lowest BCUT2D eigenvalue weighted by atomic mass is 9.92. The summed E-state index contributed by atoms with van der Waals surface area (Å²) in [4.78, 5) is 66.9. The first kappa shape index (κ1) is 35.6. The molecule has 0 bridgehead atoms. The second-order valence-corrected chi connectivity index (χ2v) is 14.3. The molecule has 1 unspecified atom stereocenters. The summed E-state index contributed by atoms with van der Waals surface area (Å²) in [6.07, 6.45) is -7.29. The molecule has 15 heteroatoms. The van der Waals surface area contributed by atoms with Gasteiger partial charge in [-0.15, -0.1) is 0 Å². The first-order valence-electron chi connectivity index (χ1n) is 15.7. The molecular weight excluding hydrogens is 652 g/mol. The number of halogens is 4. The van der Waals surface area contributed by atoms with Crippen LogP contribution in [-0.2, 0) is 48.8 Å². The summed E-state index contributed by atoms with van der Waals surface area (Å²) in [7, 11) is 0. The monoisotopic (exact) mass is 690 g/mol. The number of nitrogens with zero attached hydrogens (tertiary/aromatic N) is 2. The Bertz CT molecular complexity index is 1740. The molecule has 0 aromatic heterocycles. The van der Waals surface area contributed by atoms with Crippen LogP contribution < -0.4 is 10.6 Å². The molecule has 1 aliphatic carbocycles. The minimum absolute atomic E-state index is 0.00358. The SMILES string of the molecule is CC(C)(C)OC(=O)NC(C)(C)C(=O)Nc1ccc2c(c1)CCC21OC(=O)N(CC(=O)N2Cc3ccc(F)cc3CC[C@]2(C)C(F)(F)F)C1=O. The van der Waals surface area contributed by atoms with E-state index in [2.05, 4.69) is 10.6 Å². The van der Waals surface area contributed by atoms with Gasteiger partial charge in [0.25, 0.3) is 5.91 Å². The summed E-state index contributed by atoms with van der Waals surface area (Å²) in [6, 6.07) is 8.12. The van der Waals surface area contributed by atoms with Gasteiger partial charge in [0, 0.05) is 24.2 Å². The molecule has 1 fully saturated rings. The summed E-state index contributed by atoms with van der Waals surface area (Å²) in [6.45, 7) is 7.40. The number of ether oxygens (including phenoxy) is 2. The first-order chi connectivity index (χ1) is 22.6. The smallest absolute Gasteiger partial charge is 0.418 e. The molecule has 5 amide bonds. The third-order valence-corrected chi connectivity index (χ3v) is 9.18. The highest BCUT2D eigenvalue weighted by molar-refractivity contribution is 6.06. The fraction of sp³-hybridized carbons (Fsp3) is 0.500. The first-order valence-corrected chi connectivity index (χ1v) is 15.7. The lowest BCUT2D eigenvalue weighted by molar-refractivity contribution is -0.229. The van der Waals surface area contributed by atoms with E-state index in [1.54, 1.807) is 26.8 Å². The zero-order valence-electron chi connectivity index (χ0n) is 28.0. The summed E-state index contributed by atoms with van der Waals surface area (Å²) >= 11 is 0. The average molecular weight is 691 g/mol. The molecule has 0 saturated carbocycles. The van der Waals surface area contributed by atoms with Gasteiger partial charge >= 0.3 is 18.4 Å². The molecule has 2 aromatic carbocycles. The molecule has 11 nitrogen and oxygen atoms in total. The summed E-state index contributed by atoms with van der Waals surface area (Å²) in [5.74, 6) is -3.20. The fourth-order valence-electron chi connectivity index (χ4n) is 6.35. The Morgan fingerprint density at radius 2 is 1.61 bits per heavy atom. The van der Waals surface area contributed by atoms with Crippen molar-refractivity contribution >= 4 is 35.6 Å². The van der Waals surface area contributed by atoms with Crippen LogP contribution in [0.1, 0.15) is 76.6 Å². The van der Waals surface area contributed by atoms with Crippen LogP contribution in [0.15, 0.2) is 36.4 Å². The average Bonchev–Trinajstić information content (AvgIpc) is 3.38. The maximum atomic E-state index is 14.5. The molecule has 1 saturated heterocycles. The van der Waals surface area contributed by atoms with Crippen molar-refractivity contribution in [2.75, 3.05) is 11.9 Å². The van der Waals surface area contributed by atoms with Gasteiger partial charge in [0.05, 0.1) is 0 Å². The van der Waals surface area contributed by atoms with E-state index >= 15 is 0 Å². The Kier molecular flexibility index (Phi) is 8.74. The number of alkyl halides is 3. The molecule has 2 heterocycles. The minimum Gasteiger partial charge on any atom is -0.444 e. The van der Waals surface area contributed by atoms with Crippen molar-refractivity contribution in [3.63, 3.8) is 0 Å². The van der Waals surface area contributed by atoms with Gasteiger partial charge in [0.15, 0.2) is 0 Å². The molecule has 2 atom stereocenters. The maximum Gasteiger partial charge on any atom is 0.418 e. The third-order valence-electron chi connectivity index (χ3n) is 9.18. The Morgan fingerprint density at radius 3 is 2.27 bits per heavy atom. The Morgan fingerprint density at radius 1 is 0.939 bits per heavy atom. The molecule has 5 rings (SSSR count). The van der Waals surface area contributed by atoms with Gasteiger partial charge < -0.3 is 25.0 Å².